The Labute approximate surface area is 101 Å². The Bertz CT molecular complexity index is 322. The summed E-state index contributed by atoms with van der Waals surface area (Å²) in [7, 11) is 0. The molecule has 17 heavy (non-hydrogen) atoms. The lowest BCUT2D eigenvalue weighted by Crippen LogP contribution is -2.37. The van der Waals surface area contributed by atoms with Crippen LogP contribution in [0, 0.1) is 17.2 Å². The highest BCUT2D eigenvalue weighted by molar-refractivity contribution is 5.81. The van der Waals surface area contributed by atoms with Crippen LogP contribution >= 0.6 is 0 Å². The van der Waals surface area contributed by atoms with Crippen molar-refractivity contribution in [2.75, 3.05) is 6.61 Å². The lowest BCUT2D eigenvalue weighted by molar-refractivity contribution is -0.144. The van der Waals surface area contributed by atoms with E-state index in [1.54, 1.807) is 6.92 Å². The summed E-state index contributed by atoms with van der Waals surface area (Å²) in [5.74, 6) is -0.613. The van der Waals surface area contributed by atoms with Crippen LogP contribution < -0.4 is 5.32 Å². The molecule has 0 saturated heterocycles. The van der Waals surface area contributed by atoms with Crippen molar-refractivity contribution >= 4 is 11.9 Å². The molecule has 1 rings (SSSR count). The molecule has 1 fully saturated rings. The van der Waals surface area contributed by atoms with Gasteiger partial charge in [-0.2, -0.15) is 5.26 Å². The predicted octanol–water partition coefficient (Wildman–Crippen LogP) is 1.14. The molecule has 5 nitrogen and oxygen atoms in total. The molecule has 0 radical (unpaired) electrons. The minimum atomic E-state index is -0.356. The average Bonchev–Trinajstić information content (AvgIpc) is 2.74. The van der Waals surface area contributed by atoms with E-state index in [4.69, 9.17) is 10.00 Å². The summed E-state index contributed by atoms with van der Waals surface area (Å²) < 4.78 is 4.73. The number of nitrogens with one attached hydrogen (secondary N) is 1. The van der Waals surface area contributed by atoms with Gasteiger partial charge >= 0.3 is 5.97 Å². The van der Waals surface area contributed by atoms with Crippen LogP contribution in [0.4, 0.5) is 0 Å². The van der Waals surface area contributed by atoms with E-state index in [2.05, 4.69) is 11.4 Å². The average molecular weight is 238 g/mol. The first-order valence-corrected chi connectivity index (χ1v) is 6.02. The van der Waals surface area contributed by atoms with Crippen LogP contribution in [0.15, 0.2) is 0 Å². The molecule has 0 heterocycles. The fraction of sp³-hybridized carbons (Fsp3) is 0.750. The molecule has 0 aliphatic heterocycles. The standard InChI is InChI=1S/C12H18N2O3/c1-2-17-12(16)7-6-11(15)14-10-5-3-4-9(10)8-13/h9-10H,2-7H2,1H3,(H,14,15). The number of amides is 1. The smallest absolute Gasteiger partial charge is 0.306 e. The number of nitrogens with zero attached hydrogens (tertiary/aromatic N) is 1. The lowest BCUT2D eigenvalue weighted by atomic mass is 10.1. The third-order valence-corrected chi connectivity index (χ3v) is 2.89. The molecule has 1 aliphatic carbocycles. The topological polar surface area (TPSA) is 79.2 Å². The van der Waals surface area contributed by atoms with Crippen molar-refractivity contribution in [2.45, 2.75) is 45.1 Å². The van der Waals surface area contributed by atoms with Gasteiger partial charge in [0.05, 0.1) is 25.0 Å². The molecular formula is C12H18N2O3. The Kier molecular flexibility index (Phi) is 5.47. The molecule has 2 atom stereocenters. The predicted molar refractivity (Wildman–Crippen MR) is 60.8 cm³/mol. The summed E-state index contributed by atoms with van der Waals surface area (Å²) in [6, 6.07) is 2.15. The number of nitriles is 1. The highest BCUT2D eigenvalue weighted by Crippen LogP contribution is 2.24. The van der Waals surface area contributed by atoms with Crippen LogP contribution in [0.5, 0.6) is 0 Å². The van der Waals surface area contributed by atoms with Crippen LogP contribution in [0.1, 0.15) is 39.0 Å². The van der Waals surface area contributed by atoms with Gasteiger partial charge in [0.2, 0.25) is 5.91 Å². The molecule has 1 N–H and O–H groups in total. The molecule has 2 unspecified atom stereocenters. The van der Waals surface area contributed by atoms with Crippen LogP contribution in [0.25, 0.3) is 0 Å². The summed E-state index contributed by atoms with van der Waals surface area (Å²) in [6.07, 6.45) is 2.90. The van der Waals surface area contributed by atoms with E-state index >= 15 is 0 Å². The van der Waals surface area contributed by atoms with E-state index in [9.17, 15) is 9.59 Å². The number of esters is 1. The molecule has 5 heteroatoms. The molecule has 0 bridgehead atoms. The first-order chi connectivity index (χ1) is 8.17. The second-order valence-corrected chi connectivity index (χ2v) is 4.15. The Morgan fingerprint density at radius 1 is 1.41 bits per heavy atom. The highest BCUT2D eigenvalue weighted by atomic mass is 16.5. The summed E-state index contributed by atoms with van der Waals surface area (Å²) in [5, 5.41) is 11.7. The molecule has 0 aromatic carbocycles. The Hall–Kier alpha value is -1.57. The SMILES string of the molecule is CCOC(=O)CCC(=O)NC1CCCC1C#N. The molecule has 0 aromatic heterocycles. The molecule has 1 saturated carbocycles. The molecule has 1 aliphatic rings. The third kappa shape index (κ3) is 4.43. The van der Waals surface area contributed by atoms with Crippen LogP contribution in [-0.4, -0.2) is 24.5 Å². The number of hydrogen-bond acceptors (Lipinski definition) is 4. The van der Waals surface area contributed by atoms with Gasteiger partial charge in [-0.15, -0.1) is 0 Å². The zero-order valence-corrected chi connectivity index (χ0v) is 10.1. The Morgan fingerprint density at radius 2 is 2.18 bits per heavy atom. The van der Waals surface area contributed by atoms with E-state index in [-0.39, 0.29) is 36.7 Å². The first-order valence-electron chi connectivity index (χ1n) is 6.02. The van der Waals surface area contributed by atoms with Crippen molar-refractivity contribution < 1.29 is 14.3 Å². The largest absolute Gasteiger partial charge is 0.466 e. The number of carbonyl (C=O) groups is 2. The van der Waals surface area contributed by atoms with Gasteiger partial charge in [-0.1, -0.05) is 0 Å². The number of hydrogen-bond donors (Lipinski definition) is 1. The zero-order chi connectivity index (χ0) is 12.7. The fourth-order valence-electron chi connectivity index (χ4n) is 2.02. The maximum atomic E-state index is 11.5. The second-order valence-electron chi connectivity index (χ2n) is 4.15. The number of carbonyl (C=O) groups excluding carboxylic acids is 2. The fourth-order valence-corrected chi connectivity index (χ4v) is 2.02. The Morgan fingerprint density at radius 3 is 2.82 bits per heavy atom. The van der Waals surface area contributed by atoms with Gasteiger partial charge < -0.3 is 10.1 Å². The maximum Gasteiger partial charge on any atom is 0.306 e. The monoisotopic (exact) mass is 238 g/mol. The van der Waals surface area contributed by atoms with Gasteiger partial charge in [-0.3, -0.25) is 9.59 Å². The van der Waals surface area contributed by atoms with Gasteiger partial charge in [0, 0.05) is 12.5 Å². The van der Waals surface area contributed by atoms with E-state index in [1.807, 2.05) is 0 Å². The van der Waals surface area contributed by atoms with Gasteiger partial charge in [-0.25, -0.2) is 0 Å². The lowest BCUT2D eigenvalue weighted by Gasteiger charge is -2.15. The molecule has 94 valence electrons. The van der Waals surface area contributed by atoms with Crippen molar-refractivity contribution in [1.29, 1.82) is 5.26 Å². The van der Waals surface area contributed by atoms with Gasteiger partial charge in [0.25, 0.3) is 0 Å². The molecular weight excluding hydrogens is 220 g/mol. The highest BCUT2D eigenvalue weighted by Gasteiger charge is 2.28. The molecule has 1 amide bonds. The molecule has 0 aromatic rings. The molecule has 0 spiro atoms. The zero-order valence-electron chi connectivity index (χ0n) is 10.1. The van der Waals surface area contributed by atoms with Gasteiger partial charge in [0.1, 0.15) is 0 Å². The van der Waals surface area contributed by atoms with Crippen LogP contribution in [0.2, 0.25) is 0 Å². The van der Waals surface area contributed by atoms with Gasteiger partial charge in [-0.05, 0) is 26.2 Å². The van der Waals surface area contributed by atoms with Crippen LogP contribution in [-0.2, 0) is 14.3 Å². The normalized spacial score (nSPS) is 22.8. The maximum absolute atomic E-state index is 11.5. The number of ether oxygens (including phenoxy) is 1. The van der Waals surface area contributed by atoms with Crippen LogP contribution in [0.3, 0.4) is 0 Å². The van der Waals surface area contributed by atoms with Crippen molar-refractivity contribution in [3.8, 4) is 6.07 Å². The number of rotatable bonds is 5. The van der Waals surface area contributed by atoms with Gasteiger partial charge in [0.15, 0.2) is 0 Å². The van der Waals surface area contributed by atoms with Crippen molar-refractivity contribution in [3.05, 3.63) is 0 Å². The summed E-state index contributed by atoms with van der Waals surface area (Å²) in [6.45, 7) is 2.06. The van der Waals surface area contributed by atoms with Crippen molar-refractivity contribution in [3.63, 3.8) is 0 Å². The second kappa shape index (κ2) is 6.89. The summed E-state index contributed by atoms with van der Waals surface area (Å²) >= 11 is 0. The van der Waals surface area contributed by atoms with E-state index in [0.29, 0.717) is 6.61 Å². The minimum absolute atomic E-state index is 0.0466. The minimum Gasteiger partial charge on any atom is -0.466 e. The van der Waals surface area contributed by atoms with Crippen molar-refractivity contribution in [1.82, 2.24) is 5.32 Å². The summed E-state index contributed by atoms with van der Waals surface area (Å²) in [5.41, 5.74) is 0. The quantitative estimate of drug-likeness (QED) is 0.728. The van der Waals surface area contributed by atoms with E-state index in [1.165, 1.54) is 0 Å². The Balaban J connectivity index is 2.25. The van der Waals surface area contributed by atoms with E-state index < -0.39 is 0 Å². The first kappa shape index (κ1) is 13.5. The third-order valence-electron chi connectivity index (χ3n) is 2.89. The summed E-state index contributed by atoms with van der Waals surface area (Å²) in [4.78, 5) is 22.6. The van der Waals surface area contributed by atoms with E-state index in [0.717, 1.165) is 19.3 Å². The van der Waals surface area contributed by atoms with Crippen molar-refractivity contribution in [2.24, 2.45) is 5.92 Å².